The summed E-state index contributed by atoms with van der Waals surface area (Å²) in [5, 5.41) is 5.68. The van der Waals surface area contributed by atoms with Crippen molar-refractivity contribution in [2.24, 2.45) is 0 Å². The Morgan fingerprint density at radius 3 is 2.42 bits per heavy atom. The molecular formula is C20H31N3O3. The lowest BCUT2D eigenvalue weighted by Gasteiger charge is -2.35. The maximum Gasteiger partial charge on any atom is 0.221 e. The lowest BCUT2D eigenvalue weighted by molar-refractivity contribution is -0.121. The monoisotopic (exact) mass is 361 g/mol. The second-order valence-electron chi connectivity index (χ2n) is 6.65. The maximum absolute atomic E-state index is 12.1. The zero-order valence-corrected chi connectivity index (χ0v) is 15.9. The Hall–Kier alpha value is -2.08. The Morgan fingerprint density at radius 1 is 1.12 bits per heavy atom. The highest BCUT2D eigenvalue weighted by atomic mass is 16.5. The summed E-state index contributed by atoms with van der Waals surface area (Å²) in [7, 11) is 0. The summed E-state index contributed by atoms with van der Waals surface area (Å²) in [5.74, 6) is 0.720. The molecule has 6 heteroatoms. The molecule has 1 aromatic rings. The minimum Gasteiger partial charge on any atom is -0.494 e. The van der Waals surface area contributed by atoms with Crippen molar-refractivity contribution < 1.29 is 14.3 Å². The quantitative estimate of drug-likeness (QED) is 0.708. The molecule has 1 aromatic carbocycles. The minimum absolute atomic E-state index is 0.0355. The normalized spacial score (nSPS) is 15.9. The van der Waals surface area contributed by atoms with Gasteiger partial charge in [-0.2, -0.15) is 0 Å². The molecule has 1 aliphatic heterocycles. The van der Waals surface area contributed by atoms with Crippen molar-refractivity contribution in [1.82, 2.24) is 15.5 Å². The number of piperidine rings is 1. The Bertz CT molecular complexity index is 568. The zero-order chi connectivity index (χ0) is 18.8. The van der Waals surface area contributed by atoms with Gasteiger partial charge in [-0.3, -0.25) is 14.5 Å². The number of carbonyl (C=O) groups excluding carboxylic acids is 2. The Labute approximate surface area is 156 Å². The van der Waals surface area contributed by atoms with Crippen LogP contribution in [0.1, 0.15) is 51.1 Å². The van der Waals surface area contributed by atoms with Gasteiger partial charge < -0.3 is 15.4 Å². The molecule has 1 atom stereocenters. The number of likely N-dealkylation sites (tertiary alicyclic amines) is 1. The van der Waals surface area contributed by atoms with Crippen molar-refractivity contribution in [2.45, 2.75) is 45.6 Å². The number of ether oxygens (including phenoxy) is 1. The summed E-state index contributed by atoms with van der Waals surface area (Å²) in [5.41, 5.74) is 1.19. The third-order valence-corrected chi connectivity index (χ3v) is 4.63. The molecule has 1 aliphatic rings. The number of nitrogens with one attached hydrogen (secondary N) is 2. The highest BCUT2D eigenvalue weighted by molar-refractivity contribution is 5.77. The molecule has 26 heavy (non-hydrogen) atoms. The van der Waals surface area contributed by atoms with Gasteiger partial charge >= 0.3 is 0 Å². The molecule has 1 saturated heterocycles. The number of amides is 2. The minimum atomic E-state index is -0.113. The number of carbonyl (C=O) groups is 2. The summed E-state index contributed by atoms with van der Waals surface area (Å²) in [6.07, 6.45) is 3.97. The smallest absolute Gasteiger partial charge is 0.221 e. The van der Waals surface area contributed by atoms with Crippen molar-refractivity contribution in [2.75, 3.05) is 32.8 Å². The number of nitrogens with zero attached hydrogens (tertiary/aromatic N) is 1. The first-order chi connectivity index (χ1) is 12.6. The van der Waals surface area contributed by atoms with Crippen LogP contribution in [-0.2, 0) is 9.59 Å². The average Bonchev–Trinajstić information content (AvgIpc) is 2.64. The molecule has 2 N–H and O–H groups in total. The first kappa shape index (κ1) is 20.2. The third kappa shape index (κ3) is 6.67. The third-order valence-electron chi connectivity index (χ3n) is 4.63. The summed E-state index contributed by atoms with van der Waals surface area (Å²) >= 11 is 0. The molecule has 0 bridgehead atoms. The summed E-state index contributed by atoms with van der Waals surface area (Å²) in [4.78, 5) is 25.4. The van der Waals surface area contributed by atoms with Crippen molar-refractivity contribution in [3.63, 3.8) is 0 Å². The molecular weight excluding hydrogens is 330 g/mol. The second-order valence-corrected chi connectivity index (χ2v) is 6.65. The van der Waals surface area contributed by atoms with E-state index in [1.165, 1.54) is 31.7 Å². The van der Waals surface area contributed by atoms with Gasteiger partial charge in [-0.25, -0.2) is 0 Å². The largest absolute Gasteiger partial charge is 0.494 e. The fourth-order valence-electron chi connectivity index (χ4n) is 3.29. The van der Waals surface area contributed by atoms with Crippen LogP contribution in [0.5, 0.6) is 5.75 Å². The second kappa shape index (κ2) is 10.8. The molecule has 2 amide bonds. The van der Waals surface area contributed by atoms with Gasteiger partial charge in [0.1, 0.15) is 5.75 Å². The Morgan fingerprint density at radius 2 is 1.81 bits per heavy atom. The van der Waals surface area contributed by atoms with Gasteiger partial charge in [0.25, 0.3) is 0 Å². The zero-order valence-electron chi connectivity index (χ0n) is 15.9. The SMILES string of the molecule is CCOc1ccc(C(CNC(=O)CCNC(C)=O)N2CCCCC2)cc1. The molecule has 2 rings (SSSR count). The van der Waals surface area contributed by atoms with E-state index < -0.39 is 0 Å². The highest BCUT2D eigenvalue weighted by Crippen LogP contribution is 2.26. The van der Waals surface area contributed by atoms with E-state index in [2.05, 4.69) is 27.7 Å². The van der Waals surface area contributed by atoms with Gasteiger partial charge in [0.2, 0.25) is 11.8 Å². The fraction of sp³-hybridized carbons (Fsp3) is 0.600. The molecule has 0 radical (unpaired) electrons. The van der Waals surface area contributed by atoms with Crippen LogP contribution in [0.4, 0.5) is 0 Å². The van der Waals surface area contributed by atoms with E-state index in [1.807, 2.05) is 19.1 Å². The topological polar surface area (TPSA) is 70.7 Å². The van der Waals surface area contributed by atoms with E-state index in [0.29, 0.717) is 26.1 Å². The molecule has 0 aliphatic carbocycles. The van der Waals surface area contributed by atoms with Crippen LogP contribution in [0.2, 0.25) is 0 Å². The Kier molecular flexibility index (Phi) is 8.41. The molecule has 1 unspecified atom stereocenters. The van der Waals surface area contributed by atoms with Gasteiger partial charge in [0.15, 0.2) is 0 Å². The lowest BCUT2D eigenvalue weighted by Crippen LogP contribution is -2.41. The van der Waals surface area contributed by atoms with Crippen molar-refractivity contribution in [1.29, 1.82) is 0 Å². The Balaban J connectivity index is 1.97. The molecule has 0 aromatic heterocycles. The fourth-order valence-corrected chi connectivity index (χ4v) is 3.29. The van der Waals surface area contributed by atoms with Crippen LogP contribution < -0.4 is 15.4 Å². The molecule has 1 heterocycles. The van der Waals surface area contributed by atoms with Crippen LogP contribution in [0, 0.1) is 0 Å². The first-order valence-electron chi connectivity index (χ1n) is 9.58. The van der Waals surface area contributed by atoms with Gasteiger partial charge in [-0.15, -0.1) is 0 Å². The van der Waals surface area contributed by atoms with Crippen LogP contribution >= 0.6 is 0 Å². The standard InChI is InChI=1S/C20H31N3O3/c1-3-26-18-9-7-17(8-10-18)19(23-13-5-4-6-14-23)15-22-20(25)11-12-21-16(2)24/h7-10,19H,3-6,11-15H2,1-2H3,(H,21,24)(H,22,25). The van der Waals surface area contributed by atoms with Crippen molar-refractivity contribution in [3.05, 3.63) is 29.8 Å². The van der Waals surface area contributed by atoms with Gasteiger partial charge in [-0.05, 0) is 50.6 Å². The van der Waals surface area contributed by atoms with E-state index in [0.717, 1.165) is 18.8 Å². The van der Waals surface area contributed by atoms with Crippen LogP contribution in [-0.4, -0.2) is 49.5 Å². The van der Waals surface area contributed by atoms with E-state index in [-0.39, 0.29) is 17.9 Å². The molecule has 0 spiro atoms. The van der Waals surface area contributed by atoms with Crippen LogP contribution in [0.25, 0.3) is 0 Å². The van der Waals surface area contributed by atoms with E-state index in [9.17, 15) is 9.59 Å². The van der Waals surface area contributed by atoms with Crippen LogP contribution in [0.3, 0.4) is 0 Å². The van der Waals surface area contributed by atoms with Gasteiger partial charge in [0, 0.05) is 26.4 Å². The number of rotatable bonds is 9. The highest BCUT2D eigenvalue weighted by Gasteiger charge is 2.22. The van der Waals surface area contributed by atoms with E-state index in [1.54, 1.807) is 0 Å². The molecule has 0 saturated carbocycles. The van der Waals surface area contributed by atoms with Gasteiger partial charge in [-0.1, -0.05) is 18.6 Å². The van der Waals surface area contributed by atoms with E-state index >= 15 is 0 Å². The number of benzene rings is 1. The van der Waals surface area contributed by atoms with Crippen LogP contribution in [0.15, 0.2) is 24.3 Å². The van der Waals surface area contributed by atoms with Gasteiger partial charge in [0.05, 0.1) is 12.6 Å². The summed E-state index contributed by atoms with van der Waals surface area (Å²) in [6.45, 7) is 7.14. The maximum atomic E-state index is 12.1. The van der Waals surface area contributed by atoms with Crippen molar-refractivity contribution in [3.8, 4) is 5.75 Å². The molecule has 1 fully saturated rings. The predicted octanol–water partition coefficient (Wildman–Crippen LogP) is 2.25. The number of hydrogen-bond donors (Lipinski definition) is 2. The van der Waals surface area contributed by atoms with Crippen molar-refractivity contribution >= 4 is 11.8 Å². The average molecular weight is 361 g/mol. The van der Waals surface area contributed by atoms with E-state index in [4.69, 9.17) is 4.74 Å². The lowest BCUT2D eigenvalue weighted by atomic mass is 10.0. The summed E-state index contributed by atoms with van der Waals surface area (Å²) in [6, 6.07) is 8.33. The summed E-state index contributed by atoms with van der Waals surface area (Å²) < 4.78 is 5.53. The molecule has 6 nitrogen and oxygen atoms in total. The molecule has 144 valence electrons. The predicted molar refractivity (Wildman–Crippen MR) is 102 cm³/mol. The first-order valence-corrected chi connectivity index (χ1v) is 9.58. The number of hydrogen-bond acceptors (Lipinski definition) is 4.